The molecule has 6 nitrogen and oxygen atoms in total. The predicted molar refractivity (Wildman–Crippen MR) is 85.7 cm³/mol. The molecule has 0 unspecified atom stereocenters. The number of hydrogen-bond donors (Lipinski definition) is 2. The normalized spacial score (nSPS) is 11.5. The quantitative estimate of drug-likeness (QED) is 0.790. The summed E-state index contributed by atoms with van der Waals surface area (Å²) in [5, 5.41) is 4.35. The van der Waals surface area contributed by atoms with Crippen molar-refractivity contribution in [2.24, 2.45) is 11.1 Å². The Labute approximate surface area is 138 Å². The van der Waals surface area contributed by atoms with Crippen LogP contribution in [0.3, 0.4) is 0 Å². The third kappa shape index (κ3) is 4.59. The first-order chi connectivity index (χ1) is 10.7. The average Bonchev–Trinajstić information content (AvgIpc) is 2.71. The third-order valence-corrected chi connectivity index (χ3v) is 3.44. The van der Waals surface area contributed by atoms with E-state index in [2.05, 4.69) is 5.10 Å². The monoisotopic (exact) mass is 340 g/mol. The minimum absolute atomic E-state index is 0.165. The molecule has 0 saturated heterocycles. The lowest BCUT2D eigenvalue weighted by Gasteiger charge is -2.22. The zero-order chi connectivity index (χ0) is 17.2. The molecular formula is C15H18ClFN4O2. The smallest absolute Gasteiger partial charge is 0.274 e. The number of primary amides is 1. The number of nitrogen functional groups attached to an aromatic ring is 1. The van der Waals surface area contributed by atoms with Gasteiger partial charge >= 0.3 is 0 Å². The van der Waals surface area contributed by atoms with Crippen LogP contribution >= 0.6 is 11.6 Å². The van der Waals surface area contributed by atoms with Crippen molar-refractivity contribution >= 4 is 23.2 Å². The predicted octanol–water partition coefficient (Wildman–Crippen LogP) is 2.95. The molecule has 1 aromatic carbocycles. The number of carbonyl (C=O) groups excluding carboxylic acids is 1. The van der Waals surface area contributed by atoms with Crippen molar-refractivity contribution in [3.8, 4) is 11.6 Å². The second-order valence-corrected chi connectivity index (χ2v) is 6.48. The van der Waals surface area contributed by atoms with Crippen LogP contribution in [-0.4, -0.2) is 15.7 Å². The molecule has 4 N–H and O–H groups in total. The van der Waals surface area contributed by atoms with Crippen molar-refractivity contribution in [3.05, 3.63) is 35.2 Å². The Hall–Kier alpha value is -2.28. The lowest BCUT2D eigenvalue weighted by atomic mass is 9.89. The summed E-state index contributed by atoms with van der Waals surface area (Å²) in [4.78, 5) is 11.0. The first-order valence-corrected chi connectivity index (χ1v) is 7.28. The summed E-state index contributed by atoms with van der Waals surface area (Å²) < 4.78 is 20.7. The van der Waals surface area contributed by atoms with E-state index in [9.17, 15) is 9.18 Å². The molecule has 0 aliphatic carbocycles. The second-order valence-electron chi connectivity index (χ2n) is 6.07. The molecule has 0 radical (unpaired) electrons. The lowest BCUT2D eigenvalue weighted by molar-refractivity contribution is -0.120. The molecule has 2 rings (SSSR count). The van der Waals surface area contributed by atoms with Crippen LogP contribution in [0.15, 0.2) is 24.4 Å². The molecule has 2 aromatic rings. The SMILES string of the molecule is CC(C)(CC(N)=O)Cn1cc(F)c(Oc2ccc(N)c(Cl)c2)n1. The van der Waals surface area contributed by atoms with Crippen LogP contribution in [-0.2, 0) is 11.3 Å². The van der Waals surface area contributed by atoms with Gasteiger partial charge in [0.25, 0.3) is 5.88 Å². The van der Waals surface area contributed by atoms with Gasteiger partial charge in [0.1, 0.15) is 5.75 Å². The van der Waals surface area contributed by atoms with Crippen LogP contribution in [0, 0.1) is 11.2 Å². The summed E-state index contributed by atoms with van der Waals surface area (Å²) in [7, 11) is 0. The van der Waals surface area contributed by atoms with E-state index < -0.39 is 17.1 Å². The Bertz CT molecular complexity index is 730. The van der Waals surface area contributed by atoms with Crippen LogP contribution in [0.2, 0.25) is 5.02 Å². The summed E-state index contributed by atoms with van der Waals surface area (Å²) in [6.45, 7) is 4.01. The molecule has 0 atom stereocenters. The highest BCUT2D eigenvalue weighted by Gasteiger charge is 2.23. The van der Waals surface area contributed by atoms with Crippen LogP contribution < -0.4 is 16.2 Å². The van der Waals surface area contributed by atoms with Crippen molar-refractivity contribution in [1.29, 1.82) is 0 Å². The number of hydrogen-bond acceptors (Lipinski definition) is 4. The van der Waals surface area contributed by atoms with Crippen molar-refractivity contribution in [2.45, 2.75) is 26.8 Å². The standard InChI is InChI=1S/C15H18ClFN4O2/c1-15(2,6-13(19)22)8-21-7-11(17)14(20-21)23-9-3-4-12(18)10(16)5-9/h3-5,7H,6,8,18H2,1-2H3,(H2,19,22). The molecule has 1 amide bonds. The Morgan fingerprint density at radius 3 is 2.78 bits per heavy atom. The highest BCUT2D eigenvalue weighted by atomic mass is 35.5. The molecule has 8 heteroatoms. The number of rotatable bonds is 6. The zero-order valence-corrected chi connectivity index (χ0v) is 13.6. The summed E-state index contributed by atoms with van der Waals surface area (Å²) in [5.41, 5.74) is 10.8. The summed E-state index contributed by atoms with van der Waals surface area (Å²) in [6, 6.07) is 4.60. The first kappa shape index (κ1) is 17.1. The van der Waals surface area contributed by atoms with Gasteiger partial charge in [-0.3, -0.25) is 9.48 Å². The van der Waals surface area contributed by atoms with Gasteiger partial charge in [0.05, 0.1) is 16.9 Å². The maximum atomic E-state index is 14.0. The van der Waals surface area contributed by atoms with Gasteiger partial charge in [0.15, 0.2) is 0 Å². The lowest BCUT2D eigenvalue weighted by Crippen LogP contribution is -2.27. The van der Waals surface area contributed by atoms with Gasteiger partial charge in [0, 0.05) is 19.0 Å². The van der Waals surface area contributed by atoms with E-state index in [1.54, 1.807) is 12.1 Å². The van der Waals surface area contributed by atoms with E-state index in [4.69, 9.17) is 27.8 Å². The van der Waals surface area contributed by atoms with Gasteiger partial charge in [0.2, 0.25) is 11.7 Å². The minimum atomic E-state index is -0.618. The van der Waals surface area contributed by atoms with Gasteiger partial charge in [-0.05, 0) is 17.5 Å². The van der Waals surface area contributed by atoms with E-state index in [0.29, 0.717) is 23.0 Å². The van der Waals surface area contributed by atoms with Crippen molar-refractivity contribution in [3.63, 3.8) is 0 Å². The second kappa shape index (κ2) is 6.45. The Morgan fingerprint density at radius 1 is 1.48 bits per heavy atom. The highest BCUT2D eigenvalue weighted by Crippen LogP contribution is 2.29. The number of carbonyl (C=O) groups is 1. The van der Waals surface area contributed by atoms with Crippen LogP contribution in [0.1, 0.15) is 20.3 Å². The fourth-order valence-electron chi connectivity index (χ4n) is 2.18. The fraction of sp³-hybridized carbons (Fsp3) is 0.333. The molecule has 0 aliphatic heterocycles. The molecule has 1 heterocycles. The maximum Gasteiger partial charge on any atom is 0.274 e. The van der Waals surface area contributed by atoms with Gasteiger partial charge < -0.3 is 16.2 Å². The molecule has 23 heavy (non-hydrogen) atoms. The Balaban J connectivity index is 2.14. The maximum absolute atomic E-state index is 14.0. The van der Waals surface area contributed by atoms with Gasteiger partial charge in [-0.15, -0.1) is 5.10 Å². The number of anilines is 1. The van der Waals surface area contributed by atoms with Gasteiger partial charge in [-0.25, -0.2) is 0 Å². The van der Waals surface area contributed by atoms with Crippen LogP contribution in [0.25, 0.3) is 0 Å². The highest BCUT2D eigenvalue weighted by molar-refractivity contribution is 6.33. The van der Waals surface area contributed by atoms with E-state index >= 15 is 0 Å². The van der Waals surface area contributed by atoms with Gasteiger partial charge in [-0.2, -0.15) is 4.39 Å². The number of halogens is 2. The average molecular weight is 341 g/mol. The number of amides is 1. The summed E-state index contributed by atoms with van der Waals surface area (Å²) in [5.74, 6) is -0.895. The third-order valence-electron chi connectivity index (χ3n) is 3.12. The Kier molecular flexibility index (Phi) is 4.79. The molecule has 124 valence electrons. The summed E-state index contributed by atoms with van der Waals surface area (Å²) in [6.07, 6.45) is 1.37. The largest absolute Gasteiger partial charge is 0.435 e. The van der Waals surface area contributed by atoms with Crippen molar-refractivity contribution < 1.29 is 13.9 Å². The number of benzene rings is 1. The van der Waals surface area contributed by atoms with Crippen molar-refractivity contribution in [2.75, 3.05) is 5.73 Å². The molecule has 0 saturated carbocycles. The molecule has 0 aliphatic rings. The van der Waals surface area contributed by atoms with Crippen LogP contribution in [0.4, 0.5) is 10.1 Å². The first-order valence-electron chi connectivity index (χ1n) is 6.90. The number of nitrogens with zero attached hydrogens (tertiary/aromatic N) is 2. The zero-order valence-electron chi connectivity index (χ0n) is 12.8. The number of aromatic nitrogens is 2. The number of nitrogens with two attached hydrogens (primary N) is 2. The minimum Gasteiger partial charge on any atom is -0.435 e. The summed E-state index contributed by atoms with van der Waals surface area (Å²) >= 11 is 5.89. The fourth-order valence-corrected chi connectivity index (χ4v) is 2.35. The van der Waals surface area contributed by atoms with E-state index in [1.807, 2.05) is 13.8 Å². The van der Waals surface area contributed by atoms with E-state index in [1.165, 1.54) is 16.9 Å². The number of ether oxygens (including phenoxy) is 1. The van der Waals surface area contributed by atoms with E-state index in [0.717, 1.165) is 0 Å². The molecule has 1 aromatic heterocycles. The topological polar surface area (TPSA) is 96.2 Å². The molecule has 0 fully saturated rings. The van der Waals surface area contributed by atoms with E-state index in [-0.39, 0.29) is 12.3 Å². The Morgan fingerprint density at radius 2 is 2.17 bits per heavy atom. The van der Waals surface area contributed by atoms with Gasteiger partial charge in [-0.1, -0.05) is 25.4 Å². The van der Waals surface area contributed by atoms with Crippen LogP contribution in [0.5, 0.6) is 11.6 Å². The molecular weight excluding hydrogens is 323 g/mol. The molecule has 0 spiro atoms. The molecule has 0 bridgehead atoms. The van der Waals surface area contributed by atoms with Crippen molar-refractivity contribution in [1.82, 2.24) is 9.78 Å².